The largest absolute Gasteiger partial charge is 0.328 e. The Morgan fingerprint density at radius 1 is 1.40 bits per heavy atom. The highest BCUT2D eigenvalue weighted by molar-refractivity contribution is 6.73. The van der Waals surface area contributed by atoms with Crippen LogP contribution in [-0.4, -0.2) is 32.5 Å². The Kier molecular flexibility index (Phi) is 3.28. The molecule has 4 heteroatoms. The maximum atomic E-state index is 9.88. The van der Waals surface area contributed by atoms with Gasteiger partial charge in [0.2, 0.25) is 0 Å². The molecule has 0 amide bonds. The van der Waals surface area contributed by atoms with Gasteiger partial charge >= 0.3 is 0 Å². The predicted molar refractivity (Wildman–Crippen MR) is 45.7 cm³/mol. The summed E-state index contributed by atoms with van der Waals surface area (Å²) in [6.07, 6.45) is 1.97. The van der Waals surface area contributed by atoms with Gasteiger partial charge in [0.25, 0.3) is 0 Å². The van der Waals surface area contributed by atoms with Gasteiger partial charge in [0.05, 0.1) is 6.21 Å². The summed E-state index contributed by atoms with van der Waals surface area (Å²) in [7, 11) is 0.574. The van der Waals surface area contributed by atoms with Crippen molar-refractivity contribution < 1.29 is 4.79 Å². The molecule has 0 saturated heterocycles. The second kappa shape index (κ2) is 3.51. The molecule has 0 heterocycles. The minimum Gasteiger partial charge on any atom is -0.328 e. The van der Waals surface area contributed by atoms with Crippen molar-refractivity contribution in [1.82, 2.24) is 4.67 Å². The topological polar surface area (TPSA) is 32.7 Å². The number of rotatable bonds is 3. The van der Waals surface area contributed by atoms with Gasteiger partial charge in [0, 0.05) is 7.05 Å². The molecule has 58 valence electrons. The molecule has 0 saturated carbocycles. The van der Waals surface area contributed by atoms with E-state index in [0.29, 0.717) is 6.29 Å². The molecule has 0 aromatic rings. The van der Waals surface area contributed by atoms with Crippen LogP contribution in [0.1, 0.15) is 0 Å². The van der Waals surface area contributed by atoms with Crippen molar-refractivity contribution in [2.75, 3.05) is 7.05 Å². The lowest BCUT2D eigenvalue weighted by molar-refractivity contribution is -0.102. The molecule has 0 bridgehead atoms. The maximum Gasteiger partial charge on any atom is 0.168 e. The van der Waals surface area contributed by atoms with Gasteiger partial charge in [0.1, 0.15) is 0 Å². The highest BCUT2D eigenvalue weighted by Crippen LogP contribution is 2.05. The second-order valence-corrected chi connectivity index (χ2v) is 8.08. The highest BCUT2D eigenvalue weighted by atomic mass is 28.3. The van der Waals surface area contributed by atoms with Crippen molar-refractivity contribution in [3.8, 4) is 0 Å². The molecule has 0 N–H and O–H groups in total. The van der Waals surface area contributed by atoms with Crippen LogP contribution in [0.4, 0.5) is 0 Å². The Hall–Kier alpha value is -0.643. The number of carbonyl (C=O) groups excluding carboxylic acids is 1. The van der Waals surface area contributed by atoms with Crippen LogP contribution in [0.5, 0.6) is 0 Å². The fourth-order valence-electron chi connectivity index (χ4n) is 0.300. The summed E-state index contributed by atoms with van der Waals surface area (Å²) in [5.41, 5.74) is 0. The summed E-state index contributed by atoms with van der Waals surface area (Å²) in [6, 6.07) is 0. The van der Waals surface area contributed by atoms with Crippen LogP contribution in [-0.2, 0) is 4.79 Å². The highest BCUT2D eigenvalue weighted by Gasteiger charge is 2.17. The fourth-order valence-corrected chi connectivity index (χ4v) is 0.713. The third kappa shape index (κ3) is 3.40. The third-order valence-corrected chi connectivity index (χ3v) is 3.33. The molecule has 0 aliphatic rings. The van der Waals surface area contributed by atoms with E-state index in [4.69, 9.17) is 0 Å². The summed E-state index contributed by atoms with van der Waals surface area (Å²) in [5.74, 6) is 0. The van der Waals surface area contributed by atoms with Gasteiger partial charge in [-0.25, -0.2) is 0 Å². The molecule has 0 radical (unpaired) electrons. The first kappa shape index (κ1) is 9.36. The lowest BCUT2D eigenvalue weighted by atomic mass is 10.9. The minimum absolute atomic E-state index is 0.691. The molecule has 0 aromatic carbocycles. The Bertz CT molecular complexity index is 139. The van der Waals surface area contributed by atoms with E-state index in [2.05, 4.69) is 24.7 Å². The molecule has 0 unspecified atom stereocenters. The van der Waals surface area contributed by atoms with Crippen LogP contribution in [0.2, 0.25) is 19.6 Å². The lowest BCUT2D eigenvalue weighted by Gasteiger charge is -2.26. The molecule has 10 heavy (non-hydrogen) atoms. The molecule has 0 aromatic heterocycles. The predicted octanol–water partition coefficient (Wildman–Crippen LogP) is 0.938. The minimum atomic E-state index is -1.32. The van der Waals surface area contributed by atoms with Gasteiger partial charge in [-0.2, -0.15) is 5.10 Å². The zero-order chi connectivity index (χ0) is 8.20. The smallest absolute Gasteiger partial charge is 0.168 e. The van der Waals surface area contributed by atoms with Crippen molar-refractivity contribution in [3.05, 3.63) is 0 Å². The van der Waals surface area contributed by atoms with Gasteiger partial charge in [-0.3, -0.25) is 4.79 Å². The van der Waals surface area contributed by atoms with Crippen LogP contribution in [0.25, 0.3) is 0 Å². The third-order valence-electron chi connectivity index (χ3n) is 1.27. The summed E-state index contributed by atoms with van der Waals surface area (Å²) in [6.45, 7) is 6.49. The van der Waals surface area contributed by atoms with Crippen LogP contribution in [0.15, 0.2) is 5.10 Å². The average Bonchev–Trinajstić information content (AvgIpc) is 1.80. The zero-order valence-corrected chi connectivity index (χ0v) is 7.96. The first-order chi connectivity index (χ1) is 4.48. The van der Waals surface area contributed by atoms with Gasteiger partial charge in [0.15, 0.2) is 14.5 Å². The fraction of sp³-hybridized carbons (Fsp3) is 0.667. The summed E-state index contributed by atoms with van der Waals surface area (Å²) in [5, 5.41) is 3.92. The van der Waals surface area contributed by atoms with E-state index >= 15 is 0 Å². The number of hydrazone groups is 1. The number of carbonyl (C=O) groups is 1. The SMILES string of the molecule is CN(N=CC=O)[Si](C)(C)C. The molecule has 0 aliphatic carbocycles. The van der Waals surface area contributed by atoms with Gasteiger partial charge in [-0.05, 0) is 0 Å². The first-order valence-corrected chi connectivity index (χ1v) is 6.65. The molecular weight excluding hydrogens is 144 g/mol. The quantitative estimate of drug-likeness (QED) is 0.265. The molecular formula is C6H14N2OSi. The average molecular weight is 158 g/mol. The van der Waals surface area contributed by atoms with Crippen molar-refractivity contribution in [1.29, 1.82) is 0 Å². The van der Waals surface area contributed by atoms with Crippen LogP contribution in [0, 0.1) is 0 Å². The Labute approximate surface area is 62.8 Å². The Morgan fingerprint density at radius 2 is 1.90 bits per heavy atom. The molecule has 0 fully saturated rings. The first-order valence-electron chi connectivity index (χ1n) is 3.20. The number of nitrogens with zero attached hydrogens (tertiary/aromatic N) is 2. The van der Waals surface area contributed by atoms with Gasteiger partial charge in [-0.15, -0.1) is 0 Å². The van der Waals surface area contributed by atoms with E-state index in [9.17, 15) is 4.79 Å². The molecule has 3 nitrogen and oxygen atoms in total. The summed E-state index contributed by atoms with van der Waals surface area (Å²) >= 11 is 0. The lowest BCUT2D eigenvalue weighted by Crippen LogP contribution is -2.39. The zero-order valence-electron chi connectivity index (χ0n) is 6.96. The summed E-state index contributed by atoms with van der Waals surface area (Å²) in [4.78, 5) is 9.88. The Morgan fingerprint density at radius 3 is 2.20 bits per heavy atom. The van der Waals surface area contributed by atoms with Crippen molar-refractivity contribution in [3.63, 3.8) is 0 Å². The van der Waals surface area contributed by atoms with Crippen LogP contribution in [0.3, 0.4) is 0 Å². The second-order valence-electron chi connectivity index (χ2n) is 3.10. The van der Waals surface area contributed by atoms with Crippen molar-refractivity contribution >= 4 is 20.7 Å². The van der Waals surface area contributed by atoms with E-state index in [-0.39, 0.29) is 0 Å². The number of hydrogen-bond donors (Lipinski definition) is 0. The van der Waals surface area contributed by atoms with E-state index in [1.807, 2.05) is 11.7 Å². The number of hydrogen-bond acceptors (Lipinski definition) is 3. The molecule has 0 rings (SSSR count). The summed E-state index contributed by atoms with van der Waals surface area (Å²) < 4.78 is 1.88. The maximum absolute atomic E-state index is 9.88. The van der Waals surface area contributed by atoms with E-state index in [0.717, 1.165) is 0 Å². The number of aldehydes is 1. The van der Waals surface area contributed by atoms with E-state index in [1.165, 1.54) is 6.21 Å². The Balaban J connectivity index is 3.96. The van der Waals surface area contributed by atoms with Crippen molar-refractivity contribution in [2.24, 2.45) is 5.10 Å². The van der Waals surface area contributed by atoms with Gasteiger partial charge in [-0.1, -0.05) is 19.6 Å². The standard InChI is InChI=1S/C6H14N2OSi/c1-8(7-5-6-9)10(2,3)4/h5-6H,1-4H3. The monoisotopic (exact) mass is 158 g/mol. The van der Waals surface area contributed by atoms with Crippen LogP contribution >= 0.6 is 0 Å². The van der Waals surface area contributed by atoms with Gasteiger partial charge < -0.3 is 4.67 Å². The van der Waals surface area contributed by atoms with Crippen molar-refractivity contribution in [2.45, 2.75) is 19.6 Å². The normalized spacial score (nSPS) is 12.0. The van der Waals surface area contributed by atoms with E-state index < -0.39 is 8.24 Å². The molecule has 0 atom stereocenters. The van der Waals surface area contributed by atoms with Crippen LogP contribution < -0.4 is 0 Å². The molecule has 0 spiro atoms. The van der Waals surface area contributed by atoms with E-state index in [1.54, 1.807) is 0 Å². The molecule has 0 aliphatic heterocycles.